The maximum atomic E-state index is 13.2. The first kappa shape index (κ1) is 14.2. The summed E-state index contributed by atoms with van der Waals surface area (Å²) >= 11 is 0. The molecule has 1 aromatic carbocycles. The Bertz CT molecular complexity index is 637. The van der Waals surface area contributed by atoms with Crippen LogP contribution in [-0.2, 0) is 0 Å². The van der Waals surface area contributed by atoms with Crippen LogP contribution in [0.15, 0.2) is 41.5 Å². The van der Waals surface area contributed by atoms with E-state index in [1.807, 2.05) is 0 Å². The summed E-state index contributed by atoms with van der Waals surface area (Å²) in [5.41, 5.74) is 0.214. The van der Waals surface area contributed by atoms with Crippen LogP contribution in [0.2, 0.25) is 0 Å². The summed E-state index contributed by atoms with van der Waals surface area (Å²) in [6, 6.07) is 5.92. The minimum atomic E-state index is -0.375. The van der Waals surface area contributed by atoms with Gasteiger partial charge in [0.15, 0.2) is 5.82 Å². The Morgan fingerprint density at radius 1 is 1.40 bits per heavy atom. The number of aromatic nitrogens is 2. The molecule has 1 N–H and O–H groups in total. The highest BCUT2D eigenvalue weighted by Crippen LogP contribution is 2.08. The van der Waals surface area contributed by atoms with Crippen LogP contribution >= 0.6 is 0 Å². The SMILES string of the molecule is CC(C)CCNc1nccn(-c2cccc(F)c2)c1=O. The number of nitrogens with zero attached hydrogens (tertiary/aromatic N) is 2. The van der Waals surface area contributed by atoms with E-state index in [1.54, 1.807) is 12.1 Å². The molecule has 1 aromatic heterocycles. The maximum Gasteiger partial charge on any atom is 0.297 e. The smallest absolute Gasteiger partial charge is 0.297 e. The van der Waals surface area contributed by atoms with Crippen molar-refractivity contribution in [2.45, 2.75) is 20.3 Å². The molecule has 5 heteroatoms. The quantitative estimate of drug-likeness (QED) is 0.912. The standard InChI is InChI=1S/C15H18FN3O/c1-11(2)6-7-17-14-15(20)19(9-8-18-14)13-5-3-4-12(16)10-13/h3-5,8-11H,6-7H2,1-2H3,(H,17,18). The molecule has 0 saturated carbocycles. The van der Waals surface area contributed by atoms with Crippen molar-refractivity contribution < 1.29 is 4.39 Å². The van der Waals surface area contributed by atoms with Crippen molar-refractivity contribution in [3.05, 3.63) is 52.8 Å². The lowest BCUT2D eigenvalue weighted by Gasteiger charge is -2.10. The molecule has 0 bridgehead atoms. The number of nitrogens with one attached hydrogen (secondary N) is 1. The van der Waals surface area contributed by atoms with Crippen molar-refractivity contribution >= 4 is 5.82 Å². The summed E-state index contributed by atoms with van der Waals surface area (Å²) in [6.07, 6.45) is 4.02. The molecule has 0 aliphatic carbocycles. The molecule has 1 heterocycles. The van der Waals surface area contributed by atoms with Crippen LogP contribution in [0.5, 0.6) is 0 Å². The zero-order valence-corrected chi connectivity index (χ0v) is 11.6. The first-order valence-corrected chi connectivity index (χ1v) is 6.65. The van der Waals surface area contributed by atoms with E-state index < -0.39 is 0 Å². The van der Waals surface area contributed by atoms with Gasteiger partial charge in [0.1, 0.15) is 5.82 Å². The number of halogens is 1. The van der Waals surface area contributed by atoms with Gasteiger partial charge in [0.05, 0.1) is 5.69 Å². The van der Waals surface area contributed by atoms with Crippen molar-refractivity contribution in [3.63, 3.8) is 0 Å². The molecule has 0 aliphatic heterocycles. The van der Waals surface area contributed by atoms with Crippen molar-refractivity contribution in [3.8, 4) is 5.69 Å². The van der Waals surface area contributed by atoms with Crippen LogP contribution in [0.1, 0.15) is 20.3 Å². The van der Waals surface area contributed by atoms with E-state index in [2.05, 4.69) is 24.1 Å². The normalized spacial score (nSPS) is 10.8. The molecule has 0 amide bonds. The zero-order chi connectivity index (χ0) is 14.5. The molecule has 106 valence electrons. The highest BCUT2D eigenvalue weighted by atomic mass is 19.1. The van der Waals surface area contributed by atoms with Crippen molar-refractivity contribution in [2.75, 3.05) is 11.9 Å². The van der Waals surface area contributed by atoms with Crippen molar-refractivity contribution in [1.29, 1.82) is 0 Å². The summed E-state index contributed by atoms with van der Waals surface area (Å²) in [7, 11) is 0. The molecule has 2 aromatic rings. The van der Waals surface area contributed by atoms with Crippen LogP contribution in [0.25, 0.3) is 5.69 Å². The predicted molar refractivity (Wildman–Crippen MR) is 77.7 cm³/mol. The summed E-state index contributed by atoms with van der Waals surface area (Å²) in [6.45, 7) is 4.92. The van der Waals surface area contributed by atoms with E-state index in [0.29, 0.717) is 18.2 Å². The van der Waals surface area contributed by atoms with Gasteiger partial charge in [0, 0.05) is 18.9 Å². The van der Waals surface area contributed by atoms with E-state index in [4.69, 9.17) is 0 Å². The monoisotopic (exact) mass is 275 g/mol. The summed E-state index contributed by atoms with van der Waals surface area (Å²) < 4.78 is 14.6. The molecule has 2 rings (SSSR count). The summed E-state index contributed by atoms with van der Waals surface area (Å²) in [4.78, 5) is 16.3. The van der Waals surface area contributed by atoms with Gasteiger partial charge in [0.25, 0.3) is 5.56 Å². The van der Waals surface area contributed by atoms with Crippen molar-refractivity contribution in [1.82, 2.24) is 9.55 Å². The van der Waals surface area contributed by atoms with Gasteiger partial charge in [-0.25, -0.2) is 9.37 Å². The molecule has 0 aliphatic rings. The van der Waals surface area contributed by atoms with E-state index in [-0.39, 0.29) is 17.2 Å². The first-order valence-electron chi connectivity index (χ1n) is 6.65. The fraction of sp³-hybridized carbons (Fsp3) is 0.333. The summed E-state index contributed by atoms with van der Waals surface area (Å²) in [5.74, 6) is 0.467. The van der Waals surface area contributed by atoms with Gasteiger partial charge in [-0.3, -0.25) is 9.36 Å². The third kappa shape index (κ3) is 3.44. The van der Waals surface area contributed by atoms with Crippen LogP contribution in [-0.4, -0.2) is 16.1 Å². The zero-order valence-electron chi connectivity index (χ0n) is 11.6. The lowest BCUT2D eigenvalue weighted by molar-refractivity contribution is 0.606. The Hall–Kier alpha value is -2.17. The molecule has 0 atom stereocenters. The Morgan fingerprint density at radius 2 is 2.20 bits per heavy atom. The van der Waals surface area contributed by atoms with Gasteiger partial charge in [-0.2, -0.15) is 0 Å². The number of benzene rings is 1. The van der Waals surface area contributed by atoms with E-state index >= 15 is 0 Å². The fourth-order valence-corrected chi connectivity index (χ4v) is 1.84. The molecule has 20 heavy (non-hydrogen) atoms. The first-order chi connectivity index (χ1) is 9.58. The molecule has 0 fully saturated rings. The molecule has 0 spiro atoms. The second kappa shape index (κ2) is 6.32. The minimum Gasteiger partial charge on any atom is -0.365 e. The van der Waals surface area contributed by atoms with Gasteiger partial charge in [-0.15, -0.1) is 0 Å². The Morgan fingerprint density at radius 3 is 2.90 bits per heavy atom. The molecule has 0 unspecified atom stereocenters. The average Bonchev–Trinajstić information content (AvgIpc) is 2.40. The molecular formula is C15H18FN3O. The Kier molecular flexibility index (Phi) is 4.50. The van der Waals surface area contributed by atoms with E-state index in [9.17, 15) is 9.18 Å². The van der Waals surface area contributed by atoms with Gasteiger partial charge in [-0.1, -0.05) is 19.9 Å². The second-order valence-corrected chi connectivity index (χ2v) is 5.04. The summed E-state index contributed by atoms with van der Waals surface area (Å²) in [5, 5.41) is 3.03. The van der Waals surface area contributed by atoms with Crippen LogP contribution in [0.4, 0.5) is 10.2 Å². The fourth-order valence-electron chi connectivity index (χ4n) is 1.84. The largest absolute Gasteiger partial charge is 0.365 e. The van der Waals surface area contributed by atoms with E-state index in [1.165, 1.54) is 29.1 Å². The Balaban J connectivity index is 2.26. The Labute approximate surface area is 117 Å². The van der Waals surface area contributed by atoms with Gasteiger partial charge in [-0.05, 0) is 30.5 Å². The number of hydrogen-bond donors (Lipinski definition) is 1. The van der Waals surface area contributed by atoms with Gasteiger partial charge in [0.2, 0.25) is 0 Å². The van der Waals surface area contributed by atoms with Crippen molar-refractivity contribution in [2.24, 2.45) is 5.92 Å². The maximum absolute atomic E-state index is 13.2. The third-order valence-corrected chi connectivity index (χ3v) is 2.94. The average molecular weight is 275 g/mol. The molecular weight excluding hydrogens is 257 g/mol. The number of hydrogen-bond acceptors (Lipinski definition) is 3. The number of anilines is 1. The molecule has 0 radical (unpaired) electrons. The van der Waals surface area contributed by atoms with Gasteiger partial charge < -0.3 is 5.32 Å². The van der Waals surface area contributed by atoms with Crippen LogP contribution < -0.4 is 10.9 Å². The second-order valence-electron chi connectivity index (χ2n) is 5.04. The molecule has 0 saturated heterocycles. The van der Waals surface area contributed by atoms with Gasteiger partial charge >= 0.3 is 0 Å². The highest BCUT2D eigenvalue weighted by molar-refractivity contribution is 5.38. The van der Waals surface area contributed by atoms with Crippen LogP contribution in [0, 0.1) is 11.7 Å². The topological polar surface area (TPSA) is 46.9 Å². The minimum absolute atomic E-state index is 0.276. The molecule has 4 nitrogen and oxygen atoms in total. The third-order valence-electron chi connectivity index (χ3n) is 2.94. The van der Waals surface area contributed by atoms with Crippen LogP contribution in [0.3, 0.4) is 0 Å². The van der Waals surface area contributed by atoms with E-state index in [0.717, 1.165) is 6.42 Å². The number of rotatable bonds is 5. The lowest BCUT2D eigenvalue weighted by Crippen LogP contribution is -2.23. The highest BCUT2D eigenvalue weighted by Gasteiger charge is 2.06. The lowest BCUT2D eigenvalue weighted by atomic mass is 10.1. The predicted octanol–water partition coefficient (Wildman–Crippen LogP) is 2.83.